The quantitative estimate of drug-likeness (QED) is 0.932. The van der Waals surface area contributed by atoms with Crippen LogP contribution in [-0.2, 0) is 4.79 Å². The Hall–Kier alpha value is -2.23. The van der Waals surface area contributed by atoms with Crippen molar-refractivity contribution in [3.63, 3.8) is 0 Å². The SMILES string of the molecule is CC(C)(C)C(=O)CNC(=O)c1cccc2ncccc12. The molecule has 2 aromatic rings. The Labute approximate surface area is 118 Å². The number of fused-ring (bicyclic) bond motifs is 1. The molecule has 0 bridgehead atoms. The number of aromatic nitrogens is 1. The maximum Gasteiger partial charge on any atom is 0.252 e. The van der Waals surface area contributed by atoms with Crippen LogP contribution in [0.4, 0.5) is 0 Å². The van der Waals surface area contributed by atoms with Gasteiger partial charge in [-0.25, -0.2) is 0 Å². The molecule has 0 aliphatic rings. The minimum Gasteiger partial charge on any atom is -0.345 e. The van der Waals surface area contributed by atoms with Gasteiger partial charge in [-0.1, -0.05) is 32.9 Å². The molecule has 0 saturated carbocycles. The zero-order chi connectivity index (χ0) is 14.8. The van der Waals surface area contributed by atoms with Gasteiger partial charge in [-0.2, -0.15) is 0 Å². The first kappa shape index (κ1) is 14.2. The van der Waals surface area contributed by atoms with Gasteiger partial charge < -0.3 is 5.32 Å². The summed E-state index contributed by atoms with van der Waals surface area (Å²) in [6.45, 7) is 5.55. The molecule has 0 aliphatic carbocycles. The fraction of sp³-hybridized carbons (Fsp3) is 0.312. The molecule has 2 rings (SSSR count). The number of benzene rings is 1. The summed E-state index contributed by atoms with van der Waals surface area (Å²) in [7, 11) is 0. The minimum absolute atomic E-state index is 0.00390. The van der Waals surface area contributed by atoms with Gasteiger partial charge in [-0.15, -0.1) is 0 Å². The van der Waals surface area contributed by atoms with E-state index in [0.717, 1.165) is 10.9 Å². The summed E-state index contributed by atoms with van der Waals surface area (Å²) in [6, 6.07) is 9.02. The van der Waals surface area contributed by atoms with Crippen molar-refractivity contribution in [2.75, 3.05) is 6.54 Å². The Kier molecular flexibility index (Phi) is 3.84. The van der Waals surface area contributed by atoms with E-state index < -0.39 is 5.41 Å². The molecule has 1 amide bonds. The monoisotopic (exact) mass is 270 g/mol. The van der Waals surface area contributed by atoms with Crippen LogP contribution in [0.3, 0.4) is 0 Å². The van der Waals surface area contributed by atoms with Crippen LogP contribution in [0.2, 0.25) is 0 Å². The Morgan fingerprint density at radius 3 is 2.60 bits per heavy atom. The molecule has 0 radical (unpaired) electrons. The van der Waals surface area contributed by atoms with Gasteiger partial charge in [0.2, 0.25) is 0 Å². The molecule has 1 N–H and O–H groups in total. The average Bonchev–Trinajstić information content (AvgIpc) is 2.42. The topological polar surface area (TPSA) is 59.1 Å². The normalized spacial score (nSPS) is 11.3. The molecule has 4 heteroatoms. The minimum atomic E-state index is -0.451. The second kappa shape index (κ2) is 5.41. The number of rotatable bonds is 3. The van der Waals surface area contributed by atoms with Crippen molar-refractivity contribution >= 4 is 22.6 Å². The summed E-state index contributed by atoms with van der Waals surface area (Å²) in [4.78, 5) is 28.2. The highest BCUT2D eigenvalue weighted by atomic mass is 16.2. The highest BCUT2D eigenvalue weighted by Gasteiger charge is 2.21. The van der Waals surface area contributed by atoms with Gasteiger partial charge in [0.05, 0.1) is 12.1 Å². The van der Waals surface area contributed by atoms with Gasteiger partial charge in [0.1, 0.15) is 0 Å². The summed E-state index contributed by atoms with van der Waals surface area (Å²) >= 11 is 0. The van der Waals surface area contributed by atoms with Crippen molar-refractivity contribution < 1.29 is 9.59 Å². The lowest BCUT2D eigenvalue weighted by Crippen LogP contribution is -2.35. The smallest absolute Gasteiger partial charge is 0.252 e. The van der Waals surface area contributed by atoms with Crippen molar-refractivity contribution in [1.82, 2.24) is 10.3 Å². The molecule has 0 unspecified atom stereocenters. The molecule has 0 aliphatic heterocycles. The van der Waals surface area contributed by atoms with Crippen molar-refractivity contribution in [1.29, 1.82) is 0 Å². The lowest BCUT2D eigenvalue weighted by molar-refractivity contribution is -0.125. The number of carbonyl (C=O) groups is 2. The van der Waals surface area contributed by atoms with Crippen molar-refractivity contribution in [2.24, 2.45) is 5.41 Å². The average molecular weight is 270 g/mol. The highest BCUT2D eigenvalue weighted by Crippen LogP contribution is 2.17. The standard InChI is InChI=1S/C16H18N2O2/c1-16(2,3)14(19)10-18-15(20)12-6-4-8-13-11(12)7-5-9-17-13/h4-9H,10H2,1-3H3,(H,18,20). The largest absolute Gasteiger partial charge is 0.345 e. The van der Waals surface area contributed by atoms with Gasteiger partial charge in [0.15, 0.2) is 5.78 Å². The van der Waals surface area contributed by atoms with Crippen LogP contribution < -0.4 is 5.32 Å². The van der Waals surface area contributed by atoms with Crippen LogP contribution in [0.15, 0.2) is 36.5 Å². The number of amides is 1. The van der Waals surface area contributed by atoms with E-state index in [9.17, 15) is 9.59 Å². The number of hydrogen-bond donors (Lipinski definition) is 1. The number of carbonyl (C=O) groups excluding carboxylic acids is 2. The number of ketones is 1. The fourth-order valence-electron chi connectivity index (χ4n) is 1.82. The summed E-state index contributed by atoms with van der Waals surface area (Å²) in [5.41, 5.74) is 0.854. The summed E-state index contributed by atoms with van der Waals surface area (Å²) < 4.78 is 0. The predicted octanol–water partition coefficient (Wildman–Crippen LogP) is 2.58. The second-order valence-corrected chi connectivity index (χ2v) is 5.73. The third kappa shape index (κ3) is 3.02. The first-order valence-corrected chi connectivity index (χ1v) is 6.55. The third-order valence-corrected chi connectivity index (χ3v) is 3.14. The lowest BCUT2D eigenvalue weighted by atomic mass is 9.91. The van der Waals surface area contributed by atoms with Crippen LogP contribution in [-0.4, -0.2) is 23.2 Å². The Morgan fingerprint density at radius 2 is 1.90 bits per heavy atom. The van der Waals surface area contributed by atoms with E-state index in [1.54, 1.807) is 24.4 Å². The third-order valence-electron chi connectivity index (χ3n) is 3.14. The molecule has 0 fully saturated rings. The van der Waals surface area contributed by atoms with Crippen LogP contribution in [0.25, 0.3) is 10.9 Å². The molecule has 1 heterocycles. The van der Waals surface area contributed by atoms with Gasteiger partial charge in [-0.05, 0) is 18.2 Å². The first-order chi connectivity index (χ1) is 9.39. The number of Topliss-reactive ketones (excluding diaryl/α,β-unsaturated/α-hetero) is 1. The molecule has 1 aromatic heterocycles. The molecule has 4 nitrogen and oxygen atoms in total. The van der Waals surface area contributed by atoms with Gasteiger partial charge >= 0.3 is 0 Å². The van der Waals surface area contributed by atoms with Gasteiger partial charge in [0.25, 0.3) is 5.91 Å². The van der Waals surface area contributed by atoms with Crippen molar-refractivity contribution in [2.45, 2.75) is 20.8 Å². The first-order valence-electron chi connectivity index (χ1n) is 6.55. The van der Waals surface area contributed by atoms with Crippen molar-refractivity contribution in [3.05, 3.63) is 42.1 Å². The van der Waals surface area contributed by atoms with Crippen LogP contribution in [0.5, 0.6) is 0 Å². The van der Waals surface area contributed by atoms with E-state index in [1.807, 2.05) is 32.9 Å². The molecule has 0 saturated heterocycles. The van der Waals surface area contributed by atoms with Gasteiger partial charge in [-0.3, -0.25) is 14.6 Å². The van der Waals surface area contributed by atoms with E-state index >= 15 is 0 Å². The maximum atomic E-state index is 12.2. The van der Waals surface area contributed by atoms with Gasteiger partial charge in [0, 0.05) is 22.6 Å². The van der Waals surface area contributed by atoms with E-state index in [4.69, 9.17) is 0 Å². The zero-order valence-electron chi connectivity index (χ0n) is 11.9. The Bertz CT molecular complexity index is 652. The fourth-order valence-corrected chi connectivity index (χ4v) is 1.82. The molecule has 0 spiro atoms. The van der Waals surface area contributed by atoms with Crippen LogP contribution >= 0.6 is 0 Å². The van der Waals surface area contributed by atoms with Crippen molar-refractivity contribution in [3.8, 4) is 0 Å². The van der Waals surface area contributed by atoms with E-state index in [0.29, 0.717) is 5.56 Å². The number of pyridine rings is 1. The second-order valence-electron chi connectivity index (χ2n) is 5.73. The summed E-state index contributed by atoms with van der Waals surface area (Å²) in [5.74, 6) is -0.245. The summed E-state index contributed by atoms with van der Waals surface area (Å²) in [5, 5.41) is 3.47. The molecule has 1 aromatic carbocycles. The Balaban J connectivity index is 2.18. The maximum absolute atomic E-state index is 12.2. The number of hydrogen-bond acceptors (Lipinski definition) is 3. The molecule has 0 atom stereocenters. The Morgan fingerprint density at radius 1 is 1.15 bits per heavy atom. The number of nitrogens with zero attached hydrogens (tertiary/aromatic N) is 1. The van der Waals surface area contributed by atoms with E-state index in [-0.39, 0.29) is 18.2 Å². The van der Waals surface area contributed by atoms with E-state index in [1.165, 1.54) is 0 Å². The summed E-state index contributed by atoms with van der Waals surface area (Å²) in [6.07, 6.45) is 1.69. The van der Waals surface area contributed by atoms with Crippen LogP contribution in [0.1, 0.15) is 31.1 Å². The van der Waals surface area contributed by atoms with E-state index in [2.05, 4.69) is 10.3 Å². The van der Waals surface area contributed by atoms with Crippen LogP contribution in [0, 0.1) is 5.41 Å². The predicted molar refractivity (Wildman–Crippen MR) is 78.5 cm³/mol. The molecular weight excluding hydrogens is 252 g/mol. The number of nitrogens with one attached hydrogen (secondary N) is 1. The zero-order valence-corrected chi connectivity index (χ0v) is 11.9. The molecule has 104 valence electrons. The molecule has 20 heavy (non-hydrogen) atoms. The lowest BCUT2D eigenvalue weighted by Gasteiger charge is -2.16. The highest BCUT2D eigenvalue weighted by molar-refractivity contribution is 6.07. The molecular formula is C16H18N2O2.